The summed E-state index contributed by atoms with van der Waals surface area (Å²) in [6.45, 7) is 6.25. The largest absolute Gasteiger partial charge is 0.422 e. The normalized spacial score (nSPS) is 10.7. The first-order chi connectivity index (χ1) is 12.4. The highest BCUT2D eigenvalue weighted by atomic mass is 16.6. The van der Waals surface area contributed by atoms with Gasteiger partial charge in [-0.25, -0.2) is 4.79 Å². The molecule has 1 N–H and O–H groups in total. The molecular formula is C21H25NO4. The van der Waals surface area contributed by atoms with Crippen molar-refractivity contribution in [2.24, 2.45) is 5.92 Å². The number of ether oxygens (including phenoxy) is 2. The molecule has 2 rings (SSSR count). The van der Waals surface area contributed by atoms with Gasteiger partial charge in [0, 0.05) is 0 Å². The van der Waals surface area contributed by atoms with E-state index in [4.69, 9.17) is 9.47 Å². The van der Waals surface area contributed by atoms with Gasteiger partial charge in [0.25, 0.3) is 0 Å². The molecule has 2 aromatic rings. The van der Waals surface area contributed by atoms with Crippen LogP contribution in [-0.4, -0.2) is 25.5 Å². The number of carbonyl (C=O) groups excluding carboxylic acids is 2. The maximum absolute atomic E-state index is 12.4. The van der Waals surface area contributed by atoms with Crippen LogP contribution in [0.5, 0.6) is 11.5 Å². The fraction of sp³-hybridized carbons (Fsp3) is 0.333. The van der Waals surface area contributed by atoms with Gasteiger partial charge >= 0.3 is 11.9 Å². The second-order valence-corrected chi connectivity index (χ2v) is 6.47. The Morgan fingerprint density at radius 3 is 2.31 bits per heavy atom. The van der Waals surface area contributed by atoms with Gasteiger partial charge in [0.15, 0.2) is 11.5 Å². The number of nitrogens with one attached hydrogen (secondary N) is 1. The molecule has 0 saturated heterocycles. The first-order valence-electron chi connectivity index (χ1n) is 8.68. The van der Waals surface area contributed by atoms with Gasteiger partial charge in [-0.15, -0.1) is 0 Å². The van der Waals surface area contributed by atoms with Crippen LogP contribution in [0.3, 0.4) is 0 Å². The zero-order valence-corrected chi connectivity index (χ0v) is 15.7. The third-order valence-electron chi connectivity index (χ3n) is 3.84. The molecule has 5 nitrogen and oxygen atoms in total. The molecule has 2 aromatic carbocycles. The molecule has 0 aromatic heterocycles. The smallest absolute Gasteiger partial charge is 0.343 e. The molecule has 0 fully saturated rings. The van der Waals surface area contributed by atoms with Gasteiger partial charge < -0.3 is 14.8 Å². The molecule has 0 atom stereocenters. The van der Waals surface area contributed by atoms with Crippen molar-refractivity contribution in [2.45, 2.75) is 27.2 Å². The molecule has 0 bridgehead atoms. The zero-order valence-electron chi connectivity index (χ0n) is 15.7. The summed E-state index contributed by atoms with van der Waals surface area (Å²) in [6.07, 6.45) is 0.773. The van der Waals surface area contributed by atoms with Crippen LogP contribution < -0.4 is 14.8 Å². The number of aryl methyl sites for hydroxylation is 1. The lowest BCUT2D eigenvalue weighted by Crippen LogP contribution is -2.17. The average Bonchev–Trinajstić information content (AvgIpc) is 2.62. The lowest BCUT2D eigenvalue weighted by Gasteiger charge is -2.13. The van der Waals surface area contributed by atoms with E-state index in [2.05, 4.69) is 5.32 Å². The van der Waals surface area contributed by atoms with E-state index < -0.39 is 5.97 Å². The van der Waals surface area contributed by atoms with Gasteiger partial charge in [-0.3, -0.25) is 4.79 Å². The van der Waals surface area contributed by atoms with Gasteiger partial charge in [-0.2, -0.15) is 0 Å². The molecule has 0 unspecified atom stereocenters. The lowest BCUT2D eigenvalue weighted by atomic mass is 10.1. The standard InChI is InChI=1S/C21H25NO4/c1-14(2)20(23)26-19-13-16(11-12-22-4)7-10-18(19)25-21(24)17-8-5-15(3)6-9-17/h5-10,13-14,22H,11-12H2,1-4H3. The highest BCUT2D eigenvalue weighted by molar-refractivity contribution is 5.91. The second kappa shape index (κ2) is 9.15. The predicted octanol–water partition coefficient (Wildman–Crippen LogP) is 3.54. The van der Waals surface area contributed by atoms with Gasteiger partial charge in [0.2, 0.25) is 0 Å². The SMILES string of the molecule is CNCCc1ccc(OC(=O)c2ccc(C)cc2)c(OC(=O)C(C)C)c1. The Labute approximate surface area is 154 Å². The number of carbonyl (C=O) groups is 2. The maximum Gasteiger partial charge on any atom is 0.343 e. The molecule has 0 heterocycles. The van der Waals surface area contributed by atoms with Crippen LogP contribution in [0.1, 0.15) is 35.3 Å². The van der Waals surface area contributed by atoms with Crippen molar-refractivity contribution in [1.82, 2.24) is 5.32 Å². The summed E-state index contributed by atoms with van der Waals surface area (Å²) in [5.41, 5.74) is 2.49. The summed E-state index contributed by atoms with van der Waals surface area (Å²) in [6, 6.07) is 12.4. The van der Waals surface area contributed by atoms with Crippen molar-refractivity contribution in [3.8, 4) is 11.5 Å². The average molecular weight is 355 g/mol. The summed E-state index contributed by atoms with van der Waals surface area (Å²) < 4.78 is 10.9. The van der Waals surface area contributed by atoms with Crippen molar-refractivity contribution in [3.05, 3.63) is 59.2 Å². The van der Waals surface area contributed by atoms with E-state index in [9.17, 15) is 9.59 Å². The number of hydrogen-bond donors (Lipinski definition) is 1. The number of esters is 2. The lowest BCUT2D eigenvalue weighted by molar-refractivity contribution is -0.137. The van der Waals surface area contributed by atoms with E-state index in [0.717, 1.165) is 24.1 Å². The van der Waals surface area contributed by atoms with Crippen LogP contribution in [0, 0.1) is 12.8 Å². The summed E-state index contributed by atoms with van der Waals surface area (Å²) in [5.74, 6) is -0.648. The van der Waals surface area contributed by atoms with Crippen LogP contribution in [0.2, 0.25) is 0 Å². The predicted molar refractivity (Wildman–Crippen MR) is 101 cm³/mol. The molecule has 0 radical (unpaired) electrons. The number of hydrogen-bond acceptors (Lipinski definition) is 5. The van der Waals surface area contributed by atoms with Crippen molar-refractivity contribution in [1.29, 1.82) is 0 Å². The van der Waals surface area contributed by atoms with Gasteiger partial charge in [0.1, 0.15) is 0 Å². The van der Waals surface area contributed by atoms with Crippen molar-refractivity contribution >= 4 is 11.9 Å². The van der Waals surface area contributed by atoms with Crippen LogP contribution in [0.4, 0.5) is 0 Å². The van der Waals surface area contributed by atoms with E-state index >= 15 is 0 Å². The van der Waals surface area contributed by atoms with Crippen LogP contribution in [0.15, 0.2) is 42.5 Å². The van der Waals surface area contributed by atoms with Crippen LogP contribution in [0.25, 0.3) is 0 Å². The van der Waals surface area contributed by atoms with Crippen LogP contribution in [-0.2, 0) is 11.2 Å². The van der Waals surface area contributed by atoms with Gasteiger partial charge in [0.05, 0.1) is 11.5 Å². The van der Waals surface area contributed by atoms with E-state index in [0.29, 0.717) is 5.56 Å². The zero-order chi connectivity index (χ0) is 19.1. The Bertz CT molecular complexity index is 766. The Morgan fingerprint density at radius 1 is 1.00 bits per heavy atom. The van der Waals surface area contributed by atoms with Gasteiger partial charge in [-0.1, -0.05) is 37.6 Å². The maximum atomic E-state index is 12.4. The van der Waals surface area contributed by atoms with E-state index in [-0.39, 0.29) is 23.4 Å². The van der Waals surface area contributed by atoms with Crippen molar-refractivity contribution < 1.29 is 19.1 Å². The fourth-order valence-electron chi connectivity index (χ4n) is 2.22. The third kappa shape index (κ3) is 5.43. The minimum absolute atomic E-state index is 0.234. The molecule has 0 aliphatic carbocycles. The number of rotatable bonds is 7. The van der Waals surface area contributed by atoms with Crippen LogP contribution >= 0.6 is 0 Å². The number of likely N-dealkylation sites (N-methyl/N-ethyl adjacent to an activating group) is 1. The van der Waals surface area contributed by atoms with Crippen molar-refractivity contribution in [3.63, 3.8) is 0 Å². The van der Waals surface area contributed by atoms with Crippen molar-refractivity contribution in [2.75, 3.05) is 13.6 Å². The quantitative estimate of drug-likeness (QED) is 0.608. The molecule has 138 valence electrons. The van der Waals surface area contributed by atoms with E-state index in [1.54, 1.807) is 38.1 Å². The fourth-order valence-corrected chi connectivity index (χ4v) is 2.22. The Balaban J connectivity index is 2.25. The molecule has 0 aliphatic heterocycles. The summed E-state index contributed by atoms with van der Waals surface area (Å²) in [5, 5.41) is 3.07. The monoisotopic (exact) mass is 355 g/mol. The first kappa shape index (κ1) is 19.7. The van der Waals surface area contributed by atoms with Gasteiger partial charge in [-0.05, 0) is 56.8 Å². The summed E-state index contributed by atoms with van der Waals surface area (Å²) >= 11 is 0. The minimum atomic E-state index is -0.491. The molecule has 0 spiro atoms. The second-order valence-electron chi connectivity index (χ2n) is 6.47. The molecule has 26 heavy (non-hydrogen) atoms. The Morgan fingerprint density at radius 2 is 1.69 bits per heavy atom. The Kier molecular flexibility index (Phi) is 6.92. The summed E-state index contributed by atoms with van der Waals surface area (Å²) in [4.78, 5) is 24.4. The highest BCUT2D eigenvalue weighted by Gasteiger charge is 2.17. The molecule has 0 amide bonds. The highest BCUT2D eigenvalue weighted by Crippen LogP contribution is 2.30. The molecule has 5 heteroatoms. The Hall–Kier alpha value is -2.66. The molecule has 0 aliphatic rings. The topological polar surface area (TPSA) is 64.6 Å². The third-order valence-corrected chi connectivity index (χ3v) is 3.84. The van der Waals surface area contributed by atoms with E-state index in [1.807, 2.05) is 32.2 Å². The summed E-state index contributed by atoms with van der Waals surface area (Å²) in [7, 11) is 1.87. The number of benzene rings is 2. The minimum Gasteiger partial charge on any atom is -0.422 e. The molecular weight excluding hydrogens is 330 g/mol. The molecule has 0 saturated carbocycles. The first-order valence-corrected chi connectivity index (χ1v) is 8.68. The van der Waals surface area contributed by atoms with E-state index in [1.165, 1.54) is 0 Å².